The number of aromatic nitrogens is 1. The van der Waals surface area contributed by atoms with Crippen molar-refractivity contribution in [3.8, 4) is 11.3 Å². The van der Waals surface area contributed by atoms with E-state index in [1.807, 2.05) is 47.5 Å². The fraction of sp³-hybridized carbons (Fsp3) is 0.273. The molecule has 2 heterocycles. The zero-order valence-electron chi connectivity index (χ0n) is 16.6. The average Bonchev–Trinajstić information content (AvgIpc) is 3.46. The number of anilines is 1. The van der Waals surface area contributed by atoms with Gasteiger partial charge in [-0.2, -0.15) is 0 Å². The van der Waals surface area contributed by atoms with Gasteiger partial charge in [0.15, 0.2) is 0 Å². The van der Waals surface area contributed by atoms with E-state index in [2.05, 4.69) is 10.3 Å². The van der Waals surface area contributed by atoms with E-state index in [1.165, 1.54) is 17.4 Å². The Labute approximate surface area is 178 Å². The van der Waals surface area contributed by atoms with Gasteiger partial charge in [-0.25, -0.2) is 4.98 Å². The lowest BCUT2D eigenvalue weighted by atomic mass is 10.1. The normalized spacial score (nSPS) is 14.5. The highest BCUT2D eigenvalue weighted by atomic mass is 32.1. The highest BCUT2D eigenvalue weighted by molar-refractivity contribution is 7.10. The summed E-state index contributed by atoms with van der Waals surface area (Å²) in [4.78, 5) is 30.5. The van der Waals surface area contributed by atoms with Crippen LogP contribution in [-0.4, -0.2) is 28.9 Å². The first-order valence-electron chi connectivity index (χ1n) is 9.88. The van der Waals surface area contributed by atoms with Crippen LogP contribution in [0.2, 0.25) is 0 Å². The molecule has 30 heavy (non-hydrogen) atoms. The zero-order chi connectivity index (χ0) is 21.1. The Morgan fingerprint density at radius 3 is 2.63 bits per heavy atom. The smallest absolute Gasteiger partial charge is 0.293 e. The number of hydrogen-bond donors (Lipinski definition) is 1. The number of carbonyl (C=O) groups is 1. The lowest BCUT2D eigenvalue weighted by Gasteiger charge is -2.18. The Hall–Kier alpha value is -3.26. The topological polar surface area (TPSA) is 88.4 Å². The quantitative estimate of drug-likeness (QED) is 0.455. The van der Waals surface area contributed by atoms with Crippen LogP contribution in [-0.2, 0) is 0 Å². The van der Waals surface area contributed by atoms with Gasteiger partial charge < -0.3 is 10.2 Å². The lowest BCUT2D eigenvalue weighted by Crippen LogP contribution is -2.27. The molecule has 7 nitrogen and oxygen atoms in total. The van der Waals surface area contributed by atoms with Crippen LogP contribution in [0.1, 0.15) is 41.2 Å². The summed E-state index contributed by atoms with van der Waals surface area (Å²) < 4.78 is 0. The Morgan fingerprint density at radius 1 is 1.20 bits per heavy atom. The van der Waals surface area contributed by atoms with Crippen LogP contribution in [0.3, 0.4) is 0 Å². The van der Waals surface area contributed by atoms with Gasteiger partial charge in [-0.1, -0.05) is 30.3 Å². The van der Waals surface area contributed by atoms with Crippen LogP contribution in [0.5, 0.6) is 0 Å². The van der Waals surface area contributed by atoms with Crippen molar-refractivity contribution >= 4 is 28.6 Å². The van der Waals surface area contributed by atoms with Crippen molar-refractivity contribution in [3.05, 3.63) is 74.6 Å². The van der Waals surface area contributed by atoms with Gasteiger partial charge in [0.25, 0.3) is 11.6 Å². The molecule has 1 aromatic heterocycles. The average molecular weight is 423 g/mol. The van der Waals surface area contributed by atoms with Crippen LogP contribution >= 0.6 is 11.3 Å². The molecule has 1 amide bonds. The number of nitrogens with zero attached hydrogens (tertiary/aromatic N) is 3. The molecule has 1 aliphatic rings. The maximum atomic E-state index is 12.7. The van der Waals surface area contributed by atoms with E-state index < -0.39 is 4.92 Å². The van der Waals surface area contributed by atoms with Crippen molar-refractivity contribution in [3.63, 3.8) is 0 Å². The van der Waals surface area contributed by atoms with E-state index in [0.29, 0.717) is 5.69 Å². The van der Waals surface area contributed by atoms with Crippen LogP contribution in [0.15, 0.2) is 53.9 Å². The summed E-state index contributed by atoms with van der Waals surface area (Å²) in [7, 11) is 0. The first kappa shape index (κ1) is 20.0. The standard InChI is InChI=1S/C22H22N4O3S/c1-15(22-24-18(14-30-22)16-7-3-2-4-8-16)23-21(27)17-9-10-19(20(13-17)26(28)29)25-11-5-6-12-25/h2-4,7-10,13-15H,5-6,11-12H2,1H3,(H,23,27). The van der Waals surface area contributed by atoms with Crippen LogP contribution < -0.4 is 10.2 Å². The molecule has 8 heteroatoms. The highest BCUT2D eigenvalue weighted by Gasteiger charge is 2.24. The van der Waals surface area contributed by atoms with E-state index in [1.54, 1.807) is 12.1 Å². The SMILES string of the molecule is CC(NC(=O)c1ccc(N2CCCC2)c([N+](=O)[O-])c1)c1nc(-c2ccccc2)cs1. The van der Waals surface area contributed by atoms with E-state index in [-0.39, 0.29) is 23.2 Å². The fourth-order valence-electron chi connectivity index (χ4n) is 3.61. The lowest BCUT2D eigenvalue weighted by molar-refractivity contribution is -0.384. The Kier molecular flexibility index (Phi) is 5.76. The fourth-order valence-corrected chi connectivity index (χ4v) is 4.44. The molecule has 0 bridgehead atoms. The Morgan fingerprint density at radius 2 is 1.93 bits per heavy atom. The number of nitrogens with one attached hydrogen (secondary N) is 1. The van der Waals surface area contributed by atoms with Crippen molar-refractivity contribution in [2.45, 2.75) is 25.8 Å². The largest absolute Gasteiger partial charge is 0.366 e. The molecule has 1 fully saturated rings. The number of carbonyl (C=O) groups excluding carboxylic acids is 1. The van der Waals surface area contributed by atoms with E-state index in [4.69, 9.17) is 0 Å². The molecule has 0 saturated carbocycles. The number of thiazole rings is 1. The van der Waals surface area contributed by atoms with Crippen molar-refractivity contribution in [2.75, 3.05) is 18.0 Å². The number of nitro groups is 1. The number of hydrogen-bond acceptors (Lipinski definition) is 6. The van der Waals surface area contributed by atoms with Crippen LogP contribution in [0.4, 0.5) is 11.4 Å². The van der Waals surface area contributed by atoms with Crippen molar-refractivity contribution in [1.29, 1.82) is 0 Å². The van der Waals surface area contributed by atoms with Gasteiger partial charge in [0.05, 0.1) is 16.7 Å². The molecular formula is C22H22N4O3S. The third kappa shape index (κ3) is 4.18. The molecule has 1 saturated heterocycles. The predicted octanol–water partition coefficient (Wildman–Crippen LogP) is 4.81. The van der Waals surface area contributed by atoms with Gasteiger partial charge in [-0.15, -0.1) is 11.3 Å². The molecule has 0 radical (unpaired) electrons. The summed E-state index contributed by atoms with van der Waals surface area (Å²) in [6, 6.07) is 14.2. The first-order valence-corrected chi connectivity index (χ1v) is 10.8. The summed E-state index contributed by atoms with van der Waals surface area (Å²) in [5.41, 5.74) is 2.71. The summed E-state index contributed by atoms with van der Waals surface area (Å²) in [6.45, 7) is 3.47. The minimum Gasteiger partial charge on any atom is -0.366 e. The van der Waals surface area contributed by atoms with Gasteiger partial charge >= 0.3 is 0 Å². The molecule has 1 N–H and O–H groups in total. The second-order valence-electron chi connectivity index (χ2n) is 7.29. The summed E-state index contributed by atoms with van der Waals surface area (Å²) in [5.74, 6) is -0.352. The molecule has 4 rings (SSSR count). The minimum absolute atomic E-state index is 0.0298. The highest BCUT2D eigenvalue weighted by Crippen LogP contribution is 2.32. The maximum Gasteiger partial charge on any atom is 0.293 e. The molecule has 1 atom stereocenters. The second-order valence-corrected chi connectivity index (χ2v) is 8.18. The first-order chi connectivity index (χ1) is 14.5. The van der Waals surface area contributed by atoms with E-state index >= 15 is 0 Å². The minimum atomic E-state index is -0.416. The van der Waals surface area contributed by atoms with Crippen molar-refractivity contribution in [2.24, 2.45) is 0 Å². The summed E-state index contributed by atoms with van der Waals surface area (Å²) in [6.07, 6.45) is 2.05. The van der Waals surface area contributed by atoms with Gasteiger partial charge in [0, 0.05) is 35.7 Å². The molecule has 3 aromatic rings. The van der Waals surface area contributed by atoms with Crippen molar-refractivity contribution in [1.82, 2.24) is 10.3 Å². The molecule has 0 spiro atoms. The Balaban J connectivity index is 1.50. The molecule has 1 unspecified atom stereocenters. The van der Waals surface area contributed by atoms with E-state index in [0.717, 1.165) is 42.2 Å². The predicted molar refractivity (Wildman–Crippen MR) is 118 cm³/mol. The Bertz CT molecular complexity index is 1060. The third-order valence-corrected chi connectivity index (χ3v) is 6.22. The molecule has 2 aromatic carbocycles. The maximum absolute atomic E-state index is 12.7. The van der Waals surface area contributed by atoms with E-state index in [9.17, 15) is 14.9 Å². The van der Waals surface area contributed by atoms with Crippen molar-refractivity contribution < 1.29 is 9.72 Å². The molecule has 0 aliphatic carbocycles. The molecular weight excluding hydrogens is 400 g/mol. The zero-order valence-corrected chi connectivity index (χ0v) is 17.4. The number of amides is 1. The monoisotopic (exact) mass is 422 g/mol. The second kappa shape index (κ2) is 8.62. The number of benzene rings is 2. The number of nitro benzene ring substituents is 1. The third-order valence-electron chi connectivity index (χ3n) is 5.19. The number of rotatable bonds is 6. The van der Waals surface area contributed by atoms with Crippen LogP contribution in [0.25, 0.3) is 11.3 Å². The summed E-state index contributed by atoms with van der Waals surface area (Å²) >= 11 is 1.48. The molecule has 154 valence electrons. The van der Waals surface area contributed by atoms with Gasteiger partial charge in [0.2, 0.25) is 0 Å². The van der Waals surface area contributed by atoms with Gasteiger partial charge in [-0.3, -0.25) is 14.9 Å². The van der Waals surface area contributed by atoms with Gasteiger partial charge in [0.1, 0.15) is 10.7 Å². The van der Waals surface area contributed by atoms with Gasteiger partial charge in [-0.05, 0) is 31.9 Å². The summed E-state index contributed by atoms with van der Waals surface area (Å²) in [5, 5.41) is 17.2. The molecule has 1 aliphatic heterocycles. The van der Waals surface area contributed by atoms with Crippen LogP contribution in [0, 0.1) is 10.1 Å².